The van der Waals surface area contributed by atoms with Gasteiger partial charge in [-0.15, -0.1) is 5.92 Å². The summed E-state index contributed by atoms with van der Waals surface area (Å²) in [6, 6.07) is 0.364. The van der Waals surface area contributed by atoms with E-state index < -0.39 is 0 Å². The van der Waals surface area contributed by atoms with Crippen molar-refractivity contribution in [2.75, 3.05) is 26.3 Å². The minimum Gasteiger partial charge on any atom is -0.381 e. The largest absolute Gasteiger partial charge is 0.381 e. The fourth-order valence-electron chi connectivity index (χ4n) is 1.58. The Balaban J connectivity index is 2.27. The minimum atomic E-state index is 0.364. The molecule has 1 fully saturated rings. The molecule has 0 aromatic carbocycles. The Labute approximate surface area is 80.0 Å². The average Bonchev–Trinajstić information content (AvgIpc) is 2.65. The van der Waals surface area contributed by atoms with Gasteiger partial charge in [0.15, 0.2) is 0 Å². The van der Waals surface area contributed by atoms with Gasteiger partial charge >= 0.3 is 0 Å². The van der Waals surface area contributed by atoms with Crippen molar-refractivity contribution >= 4 is 0 Å². The lowest BCUT2D eigenvalue weighted by Gasteiger charge is -2.20. The van der Waals surface area contributed by atoms with E-state index in [1.165, 1.54) is 0 Å². The van der Waals surface area contributed by atoms with E-state index in [0.717, 1.165) is 26.2 Å². The summed E-state index contributed by atoms with van der Waals surface area (Å²) in [6.07, 6.45) is 1.12. The van der Waals surface area contributed by atoms with Gasteiger partial charge in [0.05, 0.1) is 13.2 Å². The van der Waals surface area contributed by atoms with Gasteiger partial charge in [-0.1, -0.05) is 5.92 Å². The SMILES string of the molecule is CC#CCNC(CN)C1CCOC1. The Hall–Kier alpha value is -0.560. The second kappa shape index (κ2) is 5.98. The second-order valence-corrected chi connectivity index (χ2v) is 3.27. The van der Waals surface area contributed by atoms with Crippen LogP contribution in [0.5, 0.6) is 0 Å². The molecule has 0 aromatic rings. The lowest BCUT2D eigenvalue weighted by molar-refractivity contribution is 0.178. The van der Waals surface area contributed by atoms with Gasteiger partial charge < -0.3 is 15.8 Å². The lowest BCUT2D eigenvalue weighted by atomic mass is 9.99. The zero-order valence-electron chi connectivity index (χ0n) is 8.18. The molecule has 0 amide bonds. The van der Waals surface area contributed by atoms with Gasteiger partial charge in [0.2, 0.25) is 0 Å². The van der Waals surface area contributed by atoms with Crippen LogP contribution in [0.25, 0.3) is 0 Å². The number of nitrogens with one attached hydrogen (secondary N) is 1. The van der Waals surface area contributed by atoms with Crippen LogP contribution in [-0.4, -0.2) is 32.3 Å². The van der Waals surface area contributed by atoms with Crippen molar-refractivity contribution in [3.05, 3.63) is 0 Å². The van der Waals surface area contributed by atoms with Gasteiger partial charge in [-0.2, -0.15) is 0 Å². The molecular weight excluding hydrogens is 164 g/mol. The van der Waals surface area contributed by atoms with Crippen molar-refractivity contribution in [2.45, 2.75) is 19.4 Å². The fraction of sp³-hybridized carbons (Fsp3) is 0.800. The van der Waals surface area contributed by atoms with Crippen molar-refractivity contribution < 1.29 is 4.74 Å². The smallest absolute Gasteiger partial charge is 0.0579 e. The number of hydrogen-bond acceptors (Lipinski definition) is 3. The molecular formula is C10H18N2O. The summed E-state index contributed by atoms with van der Waals surface area (Å²) >= 11 is 0. The summed E-state index contributed by atoms with van der Waals surface area (Å²) in [4.78, 5) is 0. The van der Waals surface area contributed by atoms with Gasteiger partial charge in [0.1, 0.15) is 0 Å². The first-order valence-electron chi connectivity index (χ1n) is 4.79. The van der Waals surface area contributed by atoms with Crippen molar-refractivity contribution in [3.63, 3.8) is 0 Å². The fourth-order valence-corrected chi connectivity index (χ4v) is 1.58. The third-order valence-electron chi connectivity index (χ3n) is 2.42. The van der Waals surface area contributed by atoms with Crippen LogP contribution in [0.3, 0.4) is 0 Å². The van der Waals surface area contributed by atoms with E-state index >= 15 is 0 Å². The lowest BCUT2D eigenvalue weighted by Crippen LogP contribution is -2.42. The van der Waals surface area contributed by atoms with Crippen LogP contribution in [0.15, 0.2) is 0 Å². The maximum absolute atomic E-state index is 5.67. The zero-order chi connectivity index (χ0) is 9.52. The van der Waals surface area contributed by atoms with Crippen LogP contribution in [0.4, 0.5) is 0 Å². The Bertz CT molecular complexity index is 189. The first-order chi connectivity index (χ1) is 6.38. The summed E-state index contributed by atoms with van der Waals surface area (Å²) in [6.45, 7) is 4.96. The number of rotatable bonds is 4. The molecule has 1 heterocycles. The molecule has 74 valence electrons. The Morgan fingerprint density at radius 3 is 3.08 bits per heavy atom. The van der Waals surface area contributed by atoms with Gasteiger partial charge in [0, 0.05) is 25.1 Å². The third-order valence-corrected chi connectivity index (χ3v) is 2.42. The van der Waals surface area contributed by atoms with E-state index in [1.54, 1.807) is 0 Å². The van der Waals surface area contributed by atoms with Crippen molar-refractivity contribution in [3.8, 4) is 11.8 Å². The molecule has 0 aromatic heterocycles. The van der Waals surface area contributed by atoms with Crippen LogP contribution in [0.1, 0.15) is 13.3 Å². The third kappa shape index (κ3) is 3.35. The van der Waals surface area contributed by atoms with Gasteiger partial charge in [-0.25, -0.2) is 0 Å². The topological polar surface area (TPSA) is 47.3 Å². The van der Waals surface area contributed by atoms with Crippen molar-refractivity contribution in [1.29, 1.82) is 0 Å². The predicted molar refractivity (Wildman–Crippen MR) is 53.2 cm³/mol. The Morgan fingerprint density at radius 1 is 1.69 bits per heavy atom. The van der Waals surface area contributed by atoms with Gasteiger partial charge in [-0.05, 0) is 13.3 Å². The standard InChI is InChI=1S/C10H18N2O/c1-2-3-5-12-10(7-11)9-4-6-13-8-9/h9-10,12H,4-8,11H2,1H3. The van der Waals surface area contributed by atoms with Gasteiger partial charge in [0.25, 0.3) is 0 Å². The highest BCUT2D eigenvalue weighted by Crippen LogP contribution is 2.15. The second-order valence-electron chi connectivity index (χ2n) is 3.27. The van der Waals surface area contributed by atoms with Crippen LogP contribution in [0.2, 0.25) is 0 Å². The van der Waals surface area contributed by atoms with E-state index in [2.05, 4.69) is 17.2 Å². The molecule has 1 saturated heterocycles. The highest BCUT2D eigenvalue weighted by Gasteiger charge is 2.23. The molecule has 3 heteroatoms. The van der Waals surface area contributed by atoms with Crippen LogP contribution in [-0.2, 0) is 4.74 Å². The molecule has 1 rings (SSSR count). The summed E-state index contributed by atoms with van der Waals surface area (Å²) in [7, 11) is 0. The van der Waals surface area contributed by atoms with E-state index in [9.17, 15) is 0 Å². The van der Waals surface area contributed by atoms with E-state index in [-0.39, 0.29) is 0 Å². The summed E-state index contributed by atoms with van der Waals surface area (Å²) < 4.78 is 5.31. The molecule has 0 aliphatic carbocycles. The quantitative estimate of drug-likeness (QED) is 0.600. The Morgan fingerprint density at radius 2 is 2.54 bits per heavy atom. The first kappa shape index (κ1) is 10.5. The highest BCUT2D eigenvalue weighted by atomic mass is 16.5. The van der Waals surface area contributed by atoms with E-state index in [4.69, 9.17) is 10.5 Å². The van der Waals surface area contributed by atoms with Crippen molar-refractivity contribution in [2.24, 2.45) is 11.7 Å². The maximum atomic E-state index is 5.67. The number of hydrogen-bond donors (Lipinski definition) is 2. The normalized spacial score (nSPS) is 23.7. The maximum Gasteiger partial charge on any atom is 0.0579 e. The molecule has 0 saturated carbocycles. The summed E-state index contributed by atoms with van der Waals surface area (Å²) in [5.41, 5.74) is 5.67. The average molecular weight is 182 g/mol. The zero-order valence-corrected chi connectivity index (χ0v) is 8.18. The molecule has 1 aliphatic heterocycles. The molecule has 2 atom stereocenters. The number of nitrogens with two attached hydrogens (primary N) is 1. The monoisotopic (exact) mass is 182 g/mol. The molecule has 0 bridgehead atoms. The molecule has 13 heavy (non-hydrogen) atoms. The Kier molecular flexibility index (Phi) is 4.84. The van der Waals surface area contributed by atoms with E-state index in [0.29, 0.717) is 18.5 Å². The minimum absolute atomic E-state index is 0.364. The molecule has 2 unspecified atom stereocenters. The molecule has 0 spiro atoms. The van der Waals surface area contributed by atoms with E-state index in [1.807, 2.05) is 6.92 Å². The highest BCUT2D eigenvalue weighted by molar-refractivity contribution is 4.98. The van der Waals surface area contributed by atoms with Gasteiger partial charge in [-0.3, -0.25) is 0 Å². The molecule has 1 aliphatic rings. The summed E-state index contributed by atoms with van der Waals surface area (Å²) in [5, 5.41) is 3.33. The first-order valence-corrected chi connectivity index (χ1v) is 4.79. The van der Waals surface area contributed by atoms with Crippen LogP contribution < -0.4 is 11.1 Å². The van der Waals surface area contributed by atoms with Crippen LogP contribution in [0, 0.1) is 17.8 Å². The number of ether oxygens (including phenoxy) is 1. The summed E-state index contributed by atoms with van der Waals surface area (Å²) in [5.74, 6) is 6.41. The molecule has 3 N–H and O–H groups in total. The van der Waals surface area contributed by atoms with Crippen molar-refractivity contribution in [1.82, 2.24) is 5.32 Å². The molecule has 3 nitrogen and oxygen atoms in total. The van der Waals surface area contributed by atoms with Crippen LogP contribution >= 0.6 is 0 Å². The molecule has 0 radical (unpaired) electrons. The predicted octanol–water partition coefficient (Wildman–Crippen LogP) is -0.0369.